The fraction of sp³-hybridized carbons (Fsp3) is 0. The number of benzene rings is 9. The molecule has 1 aliphatic rings. The lowest BCUT2D eigenvalue weighted by molar-refractivity contribution is 1.18. The molecule has 0 fully saturated rings. The lowest BCUT2D eigenvalue weighted by atomic mass is 9.97. The summed E-state index contributed by atoms with van der Waals surface area (Å²) in [6.45, 7) is 0. The highest BCUT2D eigenvalue weighted by Crippen LogP contribution is 2.48. The Morgan fingerprint density at radius 1 is 0.259 bits per heavy atom. The number of hydrogen-bond acceptors (Lipinski definition) is 0. The van der Waals surface area contributed by atoms with Crippen molar-refractivity contribution < 1.29 is 0 Å². The van der Waals surface area contributed by atoms with Gasteiger partial charge in [-0.25, -0.2) is 0 Å². The Labute approximate surface area is 312 Å². The van der Waals surface area contributed by atoms with Gasteiger partial charge in [-0.05, 0) is 122 Å². The highest BCUT2D eigenvalue weighted by atomic mass is 15.0. The number of aromatic nitrogens is 2. The van der Waals surface area contributed by atoms with E-state index in [1.807, 2.05) is 0 Å². The molecule has 250 valence electrons. The molecule has 54 heavy (non-hydrogen) atoms. The summed E-state index contributed by atoms with van der Waals surface area (Å²) in [5.74, 6) is 0. The van der Waals surface area contributed by atoms with Gasteiger partial charge in [0.25, 0.3) is 0 Å². The van der Waals surface area contributed by atoms with Gasteiger partial charge in [0.2, 0.25) is 0 Å². The summed E-state index contributed by atoms with van der Waals surface area (Å²) in [6.07, 6.45) is 0. The number of fused-ring (bicyclic) bond motifs is 9. The average molecular weight is 685 g/mol. The molecule has 0 spiro atoms. The Kier molecular flexibility index (Phi) is 6.09. The van der Waals surface area contributed by atoms with Crippen molar-refractivity contribution in [3.63, 3.8) is 0 Å². The van der Waals surface area contributed by atoms with Gasteiger partial charge in [0.1, 0.15) is 0 Å². The van der Waals surface area contributed by atoms with Gasteiger partial charge in [-0.15, -0.1) is 0 Å². The molecule has 0 saturated heterocycles. The van der Waals surface area contributed by atoms with Crippen LogP contribution in [-0.4, -0.2) is 9.13 Å². The molecule has 1 aliphatic carbocycles. The molecular formula is C52H32N2. The normalized spacial score (nSPS) is 12.1. The number of hydrogen-bond donors (Lipinski definition) is 0. The summed E-state index contributed by atoms with van der Waals surface area (Å²) in [4.78, 5) is 0. The van der Waals surface area contributed by atoms with Gasteiger partial charge in [-0.3, -0.25) is 0 Å². The quantitative estimate of drug-likeness (QED) is 0.175. The average Bonchev–Trinajstić information content (AvgIpc) is 3.87. The van der Waals surface area contributed by atoms with Crippen molar-refractivity contribution in [2.24, 2.45) is 0 Å². The van der Waals surface area contributed by atoms with Gasteiger partial charge in [0, 0.05) is 32.9 Å². The van der Waals surface area contributed by atoms with Crippen LogP contribution in [0.5, 0.6) is 0 Å². The summed E-state index contributed by atoms with van der Waals surface area (Å²) >= 11 is 0. The van der Waals surface area contributed by atoms with Crippen LogP contribution in [0.15, 0.2) is 194 Å². The van der Waals surface area contributed by atoms with E-state index in [4.69, 9.17) is 0 Å². The van der Waals surface area contributed by atoms with Gasteiger partial charge in [0.05, 0.1) is 22.1 Å². The molecule has 2 nitrogen and oxygen atoms in total. The molecule has 0 N–H and O–H groups in total. The van der Waals surface area contributed by atoms with E-state index >= 15 is 0 Å². The Bertz CT molecular complexity index is 3300. The molecule has 0 atom stereocenters. The van der Waals surface area contributed by atoms with Crippen LogP contribution in [0.1, 0.15) is 0 Å². The van der Waals surface area contributed by atoms with Crippen LogP contribution >= 0.6 is 0 Å². The highest BCUT2D eigenvalue weighted by Gasteiger charge is 2.22. The third-order valence-corrected chi connectivity index (χ3v) is 11.7. The van der Waals surface area contributed by atoms with Crippen molar-refractivity contribution in [2.75, 3.05) is 0 Å². The Hall–Kier alpha value is -7.16. The summed E-state index contributed by atoms with van der Waals surface area (Å²) in [6, 6.07) is 71.4. The third-order valence-electron chi connectivity index (χ3n) is 11.7. The standard InChI is InChI=1S/C52H32N2/c1-2-12-38(13-3-1)53-48-18-6-4-14-41(48)46-31-36(23-28-50(46)53)37-24-29-51-47(32-37)42-15-5-7-19-49(42)54(51)39-25-20-33(21-26-39)35-22-27-40-43-16-8-10-34-11-9-17-44(52(34)43)45(40)30-35/h1-32H. The van der Waals surface area contributed by atoms with Crippen LogP contribution in [0, 0.1) is 0 Å². The van der Waals surface area contributed by atoms with Crippen LogP contribution in [0.3, 0.4) is 0 Å². The molecule has 0 unspecified atom stereocenters. The Morgan fingerprint density at radius 2 is 0.741 bits per heavy atom. The predicted octanol–water partition coefficient (Wildman–Crippen LogP) is 14.0. The minimum Gasteiger partial charge on any atom is -0.309 e. The second kappa shape index (κ2) is 11.2. The smallest absolute Gasteiger partial charge is 0.0541 e. The first-order valence-electron chi connectivity index (χ1n) is 18.7. The molecule has 0 saturated carbocycles. The maximum absolute atomic E-state index is 2.41. The number of nitrogens with zero attached hydrogens (tertiary/aromatic N) is 2. The van der Waals surface area contributed by atoms with E-state index in [2.05, 4.69) is 203 Å². The lowest BCUT2D eigenvalue weighted by Gasteiger charge is -2.11. The topological polar surface area (TPSA) is 9.86 Å². The maximum Gasteiger partial charge on any atom is 0.0541 e. The molecule has 0 amide bonds. The second-order valence-electron chi connectivity index (χ2n) is 14.5. The first kappa shape index (κ1) is 29.4. The molecule has 9 aromatic carbocycles. The highest BCUT2D eigenvalue weighted by molar-refractivity contribution is 6.16. The van der Waals surface area contributed by atoms with E-state index in [9.17, 15) is 0 Å². The summed E-state index contributed by atoms with van der Waals surface area (Å²) in [5.41, 5.74) is 17.4. The molecular weight excluding hydrogens is 653 g/mol. The molecule has 0 radical (unpaired) electrons. The Balaban J connectivity index is 0.950. The fourth-order valence-electron chi connectivity index (χ4n) is 9.21. The molecule has 2 aromatic heterocycles. The van der Waals surface area contributed by atoms with Crippen LogP contribution in [0.2, 0.25) is 0 Å². The van der Waals surface area contributed by atoms with E-state index < -0.39 is 0 Å². The van der Waals surface area contributed by atoms with Gasteiger partial charge < -0.3 is 9.13 Å². The lowest BCUT2D eigenvalue weighted by Crippen LogP contribution is -1.94. The van der Waals surface area contributed by atoms with Crippen molar-refractivity contribution in [2.45, 2.75) is 0 Å². The van der Waals surface area contributed by atoms with E-state index in [0.717, 1.165) is 5.69 Å². The van der Waals surface area contributed by atoms with Gasteiger partial charge >= 0.3 is 0 Å². The molecule has 0 aliphatic heterocycles. The third kappa shape index (κ3) is 4.17. The van der Waals surface area contributed by atoms with Crippen molar-refractivity contribution >= 4 is 54.4 Å². The first-order valence-corrected chi connectivity index (χ1v) is 18.7. The zero-order chi connectivity index (χ0) is 35.3. The van der Waals surface area contributed by atoms with Crippen molar-refractivity contribution in [1.82, 2.24) is 9.13 Å². The molecule has 12 rings (SSSR count). The second-order valence-corrected chi connectivity index (χ2v) is 14.5. The molecule has 0 bridgehead atoms. The van der Waals surface area contributed by atoms with E-state index in [1.54, 1.807) is 0 Å². The van der Waals surface area contributed by atoms with E-state index in [-0.39, 0.29) is 0 Å². The summed E-state index contributed by atoms with van der Waals surface area (Å²) in [5, 5.41) is 7.71. The maximum atomic E-state index is 2.41. The zero-order valence-electron chi connectivity index (χ0n) is 29.4. The number of rotatable bonds is 4. The van der Waals surface area contributed by atoms with Crippen molar-refractivity contribution in [3.05, 3.63) is 194 Å². The molecule has 11 aromatic rings. The van der Waals surface area contributed by atoms with E-state index in [0.29, 0.717) is 0 Å². The van der Waals surface area contributed by atoms with Crippen molar-refractivity contribution in [1.29, 1.82) is 0 Å². The van der Waals surface area contributed by atoms with Gasteiger partial charge in [-0.1, -0.05) is 127 Å². The SMILES string of the molecule is c1ccc(-n2c3ccccc3c3cc(-c4ccc5c(c4)c4ccccc4n5-c4ccc(-c5ccc6c(c5)-c5cccc7cccc-6c57)cc4)ccc32)cc1. The monoisotopic (exact) mass is 684 g/mol. The van der Waals surface area contributed by atoms with Gasteiger partial charge in [0.15, 0.2) is 0 Å². The summed E-state index contributed by atoms with van der Waals surface area (Å²) in [7, 11) is 0. The van der Waals surface area contributed by atoms with E-state index in [1.165, 1.54) is 105 Å². The Morgan fingerprint density at radius 3 is 1.37 bits per heavy atom. The van der Waals surface area contributed by atoms with Crippen LogP contribution in [-0.2, 0) is 0 Å². The minimum absolute atomic E-state index is 1.16. The van der Waals surface area contributed by atoms with Crippen molar-refractivity contribution in [3.8, 4) is 55.9 Å². The molecule has 2 heterocycles. The fourth-order valence-corrected chi connectivity index (χ4v) is 9.21. The molecule has 2 heteroatoms. The van der Waals surface area contributed by atoms with Crippen LogP contribution in [0.25, 0.3) is 110 Å². The zero-order valence-corrected chi connectivity index (χ0v) is 29.4. The van der Waals surface area contributed by atoms with Gasteiger partial charge in [-0.2, -0.15) is 0 Å². The predicted molar refractivity (Wildman–Crippen MR) is 228 cm³/mol. The van der Waals surface area contributed by atoms with Crippen LogP contribution < -0.4 is 0 Å². The number of para-hydroxylation sites is 3. The largest absolute Gasteiger partial charge is 0.309 e. The summed E-state index contributed by atoms with van der Waals surface area (Å²) < 4.78 is 4.79. The van der Waals surface area contributed by atoms with Crippen LogP contribution in [0.4, 0.5) is 0 Å². The minimum atomic E-state index is 1.16. The first-order chi connectivity index (χ1) is 26.8.